The van der Waals surface area contributed by atoms with Gasteiger partial charge in [0.25, 0.3) is 0 Å². The summed E-state index contributed by atoms with van der Waals surface area (Å²) in [5, 5.41) is 1.32. The summed E-state index contributed by atoms with van der Waals surface area (Å²) in [5.41, 5.74) is 1.96. The molecule has 3 heteroatoms. The predicted molar refractivity (Wildman–Crippen MR) is 73.0 cm³/mol. The fourth-order valence-corrected chi connectivity index (χ4v) is 2.00. The van der Waals surface area contributed by atoms with E-state index in [1.54, 1.807) is 0 Å². The highest BCUT2D eigenvalue weighted by molar-refractivity contribution is 6.37. The Morgan fingerprint density at radius 1 is 0.941 bits per heavy atom. The van der Waals surface area contributed by atoms with Gasteiger partial charge >= 0.3 is 0 Å². The molecule has 0 aliphatic rings. The van der Waals surface area contributed by atoms with Crippen LogP contribution in [0.5, 0.6) is 0 Å². The van der Waals surface area contributed by atoms with Gasteiger partial charge in [0.15, 0.2) is 12.4 Å². The lowest BCUT2D eigenvalue weighted by Crippen LogP contribution is -2.25. The van der Waals surface area contributed by atoms with Gasteiger partial charge in [-0.1, -0.05) is 41.4 Å². The first-order valence-corrected chi connectivity index (χ1v) is 6.00. The van der Waals surface area contributed by atoms with Crippen LogP contribution in [0.3, 0.4) is 0 Å². The number of hydrogen-bond donors (Lipinski definition) is 0. The van der Waals surface area contributed by atoms with E-state index in [4.69, 9.17) is 23.2 Å². The quantitative estimate of drug-likeness (QED) is 0.723. The van der Waals surface area contributed by atoms with Crippen molar-refractivity contribution in [1.82, 2.24) is 0 Å². The lowest BCUT2D eigenvalue weighted by Gasteiger charge is -2.00. The SMILES string of the molecule is C[n+]1ccc(C=Cc2c(Cl)cccc2Cl)cc1. The zero-order chi connectivity index (χ0) is 12.3. The highest BCUT2D eigenvalue weighted by atomic mass is 35.5. The Morgan fingerprint density at radius 3 is 2.12 bits per heavy atom. The summed E-state index contributed by atoms with van der Waals surface area (Å²) in [6.45, 7) is 0. The van der Waals surface area contributed by atoms with Gasteiger partial charge in [-0.05, 0) is 17.7 Å². The van der Waals surface area contributed by atoms with Gasteiger partial charge in [0, 0.05) is 27.7 Å². The van der Waals surface area contributed by atoms with Crippen LogP contribution in [0.25, 0.3) is 12.2 Å². The van der Waals surface area contributed by atoms with E-state index in [0.717, 1.165) is 11.1 Å². The van der Waals surface area contributed by atoms with Gasteiger partial charge in [-0.25, -0.2) is 4.57 Å². The first-order chi connectivity index (χ1) is 8.16. The number of halogens is 2. The lowest BCUT2D eigenvalue weighted by atomic mass is 10.1. The smallest absolute Gasteiger partial charge is 0.169 e. The summed E-state index contributed by atoms with van der Waals surface area (Å²) >= 11 is 12.2. The number of hydrogen-bond acceptors (Lipinski definition) is 0. The van der Waals surface area contributed by atoms with Crippen LogP contribution < -0.4 is 4.57 Å². The molecule has 17 heavy (non-hydrogen) atoms. The molecule has 0 aliphatic carbocycles. The molecule has 0 saturated carbocycles. The maximum absolute atomic E-state index is 6.08. The van der Waals surface area contributed by atoms with E-state index in [1.807, 2.05) is 66.5 Å². The van der Waals surface area contributed by atoms with Crippen molar-refractivity contribution in [1.29, 1.82) is 0 Å². The van der Waals surface area contributed by atoms with Gasteiger partial charge in [0.2, 0.25) is 0 Å². The molecule has 0 amide bonds. The monoisotopic (exact) mass is 264 g/mol. The molecule has 0 atom stereocenters. The average Bonchev–Trinajstić information content (AvgIpc) is 2.31. The zero-order valence-corrected chi connectivity index (χ0v) is 10.9. The van der Waals surface area contributed by atoms with Gasteiger partial charge in [-0.3, -0.25) is 0 Å². The van der Waals surface area contributed by atoms with Crippen molar-refractivity contribution in [2.45, 2.75) is 0 Å². The molecule has 2 aromatic rings. The van der Waals surface area contributed by atoms with E-state index < -0.39 is 0 Å². The van der Waals surface area contributed by atoms with Crippen LogP contribution in [0.1, 0.15) is 11.1 Å². The first kappa shape index (κ1) is 12.2. The molecular formula is C14H12Cl2N+. The molecule has 0 fully saturated rings. The highest BCUT2D eigenvalue weighted by Crippen LogP contribution is 2.26. The topological polar surface area (TPSA) is 3.88 Å². The van der Waals surface area contributed by atoms with Gasteiger partial charge in [-0.15, -0.1) is 0 Å². The number of benzene rings is 1. The van der Waals surface area contributed by atoms with Crippen LogP contribution in [0, 0.1) is 0 Å². The lowest BCUT2D eigenvalue weighted by molar-refractivity contribution is -0.671. The van der Waals surface area contributed by atoms with Crippen LogP contribution in [-0.2, 0) is 7.05 Å². The molecule has 0 spiro atoms. The largest absolute Gasteiger partial charge is 0.208 e. The maximum Gasteiger partial charge on any atom is 0.169 e. The van der Waals surface area contributed by atoms with Crippen LogP contribution in [-0.4, -0.2) is 0 Å². The molecule has 1 aromatic heterocycles. The van der Waals surface area contributed by atoms with E-state index in [2.05, 4.69) is 0 Å². The average molecular weight is 265 g/mol. The van der Waals surface area contributed by atoms with Crippen LogP contribution in [0.2, 0.25) is 10.0 Å². The molecule has 0 bridgehead atoms. The zero-order valence-electron chi connectivity index (χ0n) is 9.40. The number of pyridine rings is 1. The second-order valence-electron chi connectivity index (χ2n) is 3.77. The van der Waals surface area contributed by atoms with E-state index in [0.29, 0.717) is 10.0 Å². The molecule has 0 saturated heterocycles. The van der Waals surface area contributed by atoms with Crippen LogP contribution in [0.4, 0.5) is 0 Å². The summed E-state index contributed by atoms with van der Waals surface area (Å²) in [7, 11) is 1.98. The predicted octanol–water partition coefficient (Wildman–Crippen LogP) is 3.99. The Hall–Kier alpha value is -1.31. The molecule has 1 heterocycles. The molecule has 0 aliphatic heterocycles. The van der Waals surface area contributed by atoms with Crippen molar-refractivity contribution < 1.29 is 4.57 Å². The molecule has 0 radical (unpaired) electrons. The van der Waals surface area contributed by atoms with Gasteiger partial charge < -0.3 is 0 Å². The van der Waals surface area contributed by atoms with Crippen molar-refractivity contribution >= 4 is 35.4 Å². The number of nitrogens with zero attached hydrogens (tertiary/aromatic N) is 1. The third-order valence-corrected chi connectivity index (χ3v) is 3.11. The van der Waals surface area contributed by atoms with Crippen LogP contribution in [0.15, 0.2) is 42.7 Å². The molecule has 2 rings (SSSR count). The fourth-order valence-electron chi connectivity index (χ4n) is 1.47. The van der Waals surface area contributed by atoms with Gasteiger partial charge in [-0.2, -0.15) is 0 Å². The number of rotatable bonds is 2. The first-order valence-electron chi connectivity index (χ1n) is 5.24. The Morgan fingerprint density at radius 2 is 1.53 bits per heavy atom. The van der Waals surface area contributed by atoms with Gasteiger partial charge in [0.05, 0.1) is 0 Å². The normalized spacial score (nSPS) is 11.0. The van der Waals surface area contributed by atoms with E-state index in [1.165, 1.54) is 0 Å². The Labute approximate surface area is 111 Å². The molecule has 1 nitrogen and oxygen atoms in total. The Balaban J connectivity index is 2.29. The van der Waals surface area contributed by atoms with Gasteiger partial charge in [0.1, 0.15) is 7.05 Å². The van der Waals surface area contributed by atoms with Crippen molar-refractivity contribution in [3.8, 4) is 0 Å². The minimum absolute atomic E-state index is 0.662. The minimum atomic E-state index is 0.662. The second-order valence-corrected chi connectivity index (χ2v) is 4.58. The second kappa shape index (κ2) is 5.35. The molecular weight excluding hydrogens is 253 g/mol. The number of aromatic nitrogens is 1. The summed E-state index contributed by atoms with van der Waals surface area (Å²) in [6.07, 6.45) is 7.91. The summed E-state index contributed by atoms with van der Waals surface area (Å²) in [4.78, 5) is 0. The summed E-state index contributed by atoms with van der Waals surface area (Å²) < 4.78 is 1.99. The van der Waals surface area contributed by atoms with E-state index in [9.17, 15) is 0 Å². The molecule has 1 aromatic carbocycles. The minimum Gasteiger partial charge on any atom is -0.208 e. The third-order valence-electron chi connectivity index (χ3n) is 2.45. The molecule has 86 valence electrons. The van der Waals surface area contributed by atoms with E-state index in [-0.39, 0.29) is 0 Å². The summed E-state index contributed by atoms with van der Waals surface area (Å²) in [5.74, 6) is 0. The van der Waals surface area contributed by atoms with Crippen LogP contribution >= 0.6 is 23.2 Å². The maximum atomic E-state index is 6.08. The standard InChI is InChI=1S/C14H12Cl2N/c1-17-9-7-11(8-10-17)5-6-12-13(15)3-2-4-14(12)16/h2-10H,1H3/q+1. The number of aryl methyl sites for hydroxylation is 1. The summed E-state index contributed by atoms with van der Waals surface area (Å²) in [6, 6.07) is 9.56. The third kappa shape index (κ3) is 3.09. The molecule has 0 N–H and O–H groups in total. The van der Waals surface area contributed by atoms with Crippen molar-refractivity contribution in [2.24, 2.45) is 7.05 Å². The fraction of sp³-hybridized carbons (Fsp3) is 0.0714. The molecule has 0 unspecified atom stereocenters. The van der Waals surface area contributed by atoms with Crippen molar-refractivity contribution in [3.63, 3.8) is 0 Å². The highest BCUT2D eigenvalue weighted by Gasteiger charge is 2.01. The van der Waals surface area contributed by atoms with Crippen molar-refractivity contribution in [2.75, 3.05) is 0 Å². The Bertz CT molecular complexity index is 524. The Kier molecular flexibility index (Phi) is 3.82. The van der Waals surface area contributed by atoms with Crippen molar-refractivity contribution in [3.05, 3.63) is 63.9 Å². The van der Waals surface area contributed by atoms with E-state index >= 15 is 0 Å².